The topological polar surface area (TPSA) is 20.2 Å². The van der Waals surface area contributed by atoms with Crippen LogP contribution in [0.2, 0.25) is 0 Å². The Morgan fingerprint density at radius 3 is 2.00 bits per heavy atom. The summed E-state index contributed by atoms with van der Waals surface area (Å²) < 4.78 is 0. The van der Waals surface area contributed by atoms with Gasteiger partial charge in [-0.2, -0.15) is 0 Å². The first-order valence-corrected chi connectivity index (χ1v) is 0.836. The molecular formula is C3H3OY+2. The van der Waals surface area contributed by atoms with Crippen molar-refractivity contribution >= 4 is 0 Å². The Labute approximate surface area is 56.6 Å². The summed E-state index contributed by atoms with van der Waals surface area (Å²) in [6, 6.07) is 0. The van der Waals surface area contributed by atoms with Crippen LogP contribution in [0.15, 0.2) is 0 Å². The first kappa shape index (κ1) is 9.09. The minimum Gasteiger partial charge on any atom is -0.449 e. The first-order chi connectivity index (χ1) is 1.91. The van der Waals surface area contributed by atoms with Gasteiger partial charge in [-0.3, -0.25) is 5.92 Å². The van der Waals surface area contributed by atoms with E-state index in [1.807, 2.05) is 5.92 Å². The average molecular weight is 144 g/mol. The molecule has 0 bridgehead atoms. The van der Waals surface area contributed by atoms with Crippen molar-refractivity contribution < 1.29 is 37.8 Å². The predicted octanol–water partition coefficient (Wildman–Crippen LogP) is 0.151. The molecule has 0 amide bonds. The molecule has 0 fully saturated rings. The maximum Gasteiger partial charge on any atom is 3.00 e. The molecule has 1 N–H and O–H groups in total. The van der Waals surface area contributed by atoms with Crippen molar-refractivity contribution in [2.24, 2.45) is 0 Å². The third-order valence-corrected chi connectivity index (χ3v) is 0.0745. The summed E-state index contributed by atoms with van der Waals surface area (Å²) >= 11 is 0. The molecule has 0 atom stereocenters. The van der Waals surface area contributed by atoms with E-state index in [1.165, 1.54) is 0 Å². The van der Waals surface area contributed by atoms with Crippen LogP contribution in [0.5, 0.6) is 0 Å². The number of rotatable bonds is 0. The molecule has 0 aromatic heterocycles. The molecule has 0 aliphatic rings. The summed E-state index contributed by atoms with van der Waals surface area (Å²) in [5, 5.41) is 7.51. The Balaban J connectivity index is 0. The van der Waals surface area contributed by atoms with Crippen molar-refractivity contribution in [1.29, 1.82) is 0 Å². The van der Waals surface area contributed by atoms with Crippen molar-refractivity contribution in [2.75, 3.05) is 0 Å². The fraction of sp³-hybridized carbons (Fsp3) is 0. The van der Waals surface area contributed by atoms with Crippen molar-refractivity contribution in [1.82, 2.24) is 0 Å². The Bertz CT molecular complexity index is 36.6. The Hall–Kier alpha value is 0.494. The molecular weight excluding hydrogens is 141 g/mol. The molecule has 0 unspecified atom stereocenters. The van der Waals surface area contributed by atoms with Gasteiger partial charge in [0.25, 0.3) is 0 Å². The van der Waals surface area contributed by atoms with E-state index in [0.717, 1.165) is 0 Å². The first-order valence-electron chi connectivity index (χ1n) is 0.836. The van der Waals surface area contributed by atoms with E-state index in [2.05, 4.69) is 6.42 Å². The summed E-state index contributed by atoms with van der Waals surface area (Å²) in [5.41, 5.74) is 0. The summed E-state index contributed by atoms with van der Waals surface area (Å²) in [6.45, 7) is 0.653. The van der Waals surface area contributed by atoms with Crippen LogP contribution < -0.4 is 0 Å². The maximum absolute atomic E-state index is 7.51. The fourth-order valence-electron chi connectivity index (χ4n) is 0. The standard InChI is InChI=1S/C3H3O.Y/c1-2-3-4;/h1,3-4H;/q-1;+3. The van der Waals surface area contributed by atoms with Crippen LogP contribution >= 0.6 is 0 Å². The quantitative estimate of drug-likeness (QED) is 0.379. The number of terminal acetylenes is 1. The fourth-order valence-corrected chi connectivity index (χ4v) is 0. The van der Waals surface area contributed by atoms with Crippen LogP contribution in [-0.4, -0.2) is 5.11 Å². The molecule has 0 saturated carbocycles. The zero-order valence-corrected chi connectivity index (χ0v) is 5.52. The number of hydrogen-bond acceptors (Lipinski definition) is 1. The Kier molecular flexibility index (Phi) is 16.0. The van der Waals surface area contributed by atoms with Crippen molar-refractivity contribution in [3.63, 3.8) is 0 Å². The van der Waals surface area contributed by atoms with Gasteiger partial charge in [-0.25, -0.2) is 0 Å². The SMILES string of the molecule is C#C[CH-]O.[Y+3]. The second-order valence-electron chi connectivity index (χ2n) is 0.296. The minimum atomic E-state index is 0. The monoisotopic (exact) mass is 144 g/mol. The van der Waals surface area contributed by atoms with Crippen LogP contribution in [0.25, 0.3) is 0 Å². The summed E-state index contributed by atoms with van der Waals surface area (Å²) in [6.07, 6.45) is 4.47. The largest absolute Gasteiger partial charge is 3.00 e. The van der Waals surface area contributed by atoms with E-state index in [9.17, 15) is 0 Å². The molecule has 2 heteroatoms. The van der Waals surface area contributed by atoms with Gasteiger partial charge in [0.05, 0.1) is 0 Å². The van der Waals surface area contributed by atoms with Crippen LogP contribution in [-0.2, 0) is 32.7 Å². The molecule has 0 aromatic carbocycles. The molecule has 0 aliphatic carbocycles. The van der Waals surface area contributed by atoms with E-state index in [-0.39, 0.29) is 32.7 Å². The van der Waals surface area contributed by atoms with Crippen LogP contribution in [0.3, 0.4) is 0 Å². The number of aliphatic hydroxyl groups excluding tert-OH is 1. The molecule has 0 aromatic rings. The molecule has 0 radical (unpaired) electrons. The number of aliphatic hydroxyl groups is 1. The predicted molar refractivity (Wildman–Crippen MR) is 15.1 cm³/mol. The van der Waals surface area contributed by atoms with Gasteiger partial charge >= 0.3 is 32.7 Å². The third-order valence-electron chi connectivity index (χ3n) is 0.0745. The average Bonchev–Trinajstić information content (AvgIpc) is 1.37. The van der Waals surface area contributed by atoms with Gasteiger partial charge in [0.15, 0.2) is 0 Å². The zero-order valence-electron chi connectivity index (χ0n) is 2.68. The third kappa shape index (κ3) is 12.5. The van der Waals surface area contributed by atoms with E-state index in [4.69, 9.17) is 5.11 Å². The van der Waals surface area contributed by atoms with Crippen LogP contribution in [0.1, 0.15) is 0 Å². The van der Waals surface area contributed by atoms with E-state index < -0.39 is 0 Å². The number of hydrogen-bond donors (Lipinski definition) is 1. The van der Waals surface area contributed by atoms with Crippen LogP contribution in [0, 0.1) is 19.0 Å². The Morgan fingerprint density at radius 2 is 2.00 bits per heavy atom. The minimum absolute atomic E-state index is 0. The summed E-state index contributed by atoms with van der Waals surface area (Å²) in [5.74, 6) is 1.86. The molecule has 1 nitrogen and oxygen atoms in total. The Morgan fingerprint density at radius 1 is 1.80 bits per heavy atom. The van der Waals surface area contributed by atoms with Crippen molar-refractivity contribution in [3.8, 4) is 12.3 Å². The normalized spacial score (nSPS) is 3.20. The molecule has 22 valence electrons. The van der Waals surface area contributed by atoms with Gasteiger partial charge in [0.2, 0.25) is 0 Å². The van der Waals surface area contributed by atoms with Gasteiger partial charge < -0.3 is 11.5 Å². The van der Waals surface area contributed by atoms with Gasteiger partial charge in [0.1, 0.15) is 0 Å². The smallest absolute Gasteiger partial charge is 0.449 e. The maximum atomic E-state index is 7.51. The molecule has 0 spiro atoms. The molecule has 0 heterocycles. The molecule has 0 rings (SSSR count). The van der Waals surface area contributed by atoms with Gasteiger partial charge in [0, 0.05) is 0 Å². The van der Waals surface area contributed by atoms with Gasteiger partial charge in [-0.05, 0) is 0 Å². The van der Waals surface area contributed by atoms with Gasteiger partial charge in [-0.1, -0.05) is 6.61 Å². The molecule has 0 saturated heterocycles. The van der Waals surface area contributed by atoms with E-state index in [1.54, 1.807) is 0 Å². The van der Waals surface area contributed by atoms with Gasteiger partial charge in [-0.15, -0.1) is 0 Å². The summed E-state index contributed by atoms with van der Waals surface area (Å²) in [4.78, 5) is 0. The van der Waals surface area contributed by atoms with E-state index >= 15 is 0 Å². The second kappa shape index (κ2) is 8.82. The second-order valence-corrected chi connectivity index (χ2v) is 0.296. The van der Waals surface area contributed by atoms with Crippen LogP contribution in [0.4, 0.5) is 0 Å². The molecule has 0 aliphatic heterocycles. The molecule has 5 heavy (non-hydrogen) atoms. The zero-order chi connectivity index (χ0) is 3.41. The van der Waals surface area contributed by atoms with Crippen molar-refractivity contribution in [3.05, 3.63) is 6.61 Å². The van der Waals surface area contributed by atoms with E-state index in [0.29, 0.717) is 6.61 Å². The van der Waals surface area contributed by atoms with Crippen molar-refractivity contribution in [2.45, 2.75) is 0 Å². The summed E-state index contributed by atoms with van der Waals surface area (Å²) in [7, 11) is 0.